The average Bonchev–Trinajstić information content (AvgIpc) is 3.15. The molecular formula is C17H18BrNO4. The molecule has 1 atom stereocenters. The Kier molecular flexibility index (Phi) is 5.00. The molecule has 0 fully saturated rings. The zero-order valence-electron chi connectivity index (χ0n) is 12.9. The summed E-state index contributed by atoms with van der Waals surface area (Å²) in [5, 5.41) is 4.75. The lowest BCUT2D eigenvalue weighted by atomic mass is 10.1. The van der Waals surface area contributed by atoms with Gasteiger partial charge in [0.2, 0.25) is 0 Å². The fraction of sp³-hybridized carbons (Fsp3) is 0.412. The molecule has 1 aromatic carbocycles. The van der Waals surface area contributed by atoms with E-state index in [1.807, 2.05) is 12.1 Å². The van der Waals surface area contributed by atoms with Crippen LogP contribution in [0, 0.1) is 0 Å². The summed E-state index contributed by atoms with van der Waals surface area (Å²) < 4.78 is 16.2. The third kappa shape index (κ3) is 3.93. The monoisotopic (exact) mass is 379 g/mol. The van der Waals surface area contributed by atoms with Crippen LogP contribution in [0.5, 0.6) is 5.75 Å². The molecule has 0 radical (unpaired) electrons. The predicted molar refractivity (Wildman–Crippen MR) is 88.6 cm³/mol. The molecule has 1 aliphatic rings. The van der Waals surface area contributed by atoms with Crippen LogP contribution in [0.3, 0.4) is 0 Å². The van der Waals surface area contributed by atoms with E-state index in [0.29, 0.717) is 17.9 Å². The van der Waals surface area contributed by atoms with Gasteiger partial charge < -0.3 is 14.0 Å². The second-order valence-corrected chi connectivity index (χ2v) is 6.38. The van der Waals surface area contributed by atoms with Gasteiger partial charge in [0.1, 0.15) is 24.2 Å². The van der Waals surface area contributed by atoms with Gasteiger partial charge in [-0.3, -0.25) is 4.79 Å². The van der Waals surface area contributed by atoms with E-state index in [1.165, 1.54) is 5.56 Å². The summed E-state index contributed by atoms with van der Waals surface area (Å²) in [6.07, 6.45) is 2.27. The molecular weight excluding hydrogens is 362 g/mol. The largest absolute Gasteiger partial charge is 0.490 e. The lowest BCUT2D eigenvalue weighted by molar-refractivity contribution is -0.145. The topological polar surface area (TPSA) is 61.6 Å². The van der Waals surface area contributed by atoms with Crippen molar-refractivity contribution in [3.05, 3.63) is 35.5 Å². The van der Waals surface area contributed by atoms with Crippen molar-refractivity contribution in [3.63, 3.8) is 0 Å². The number of rotatable bonds is 6. The number of hydrogen-bond acceptors (Lipinski definition) is 5. The fourth-order valence-corrected chi connectivity index (χ4v) is 2.81. The Morgan fingerprint density at radius 1 is 1.43 bits per heavy atom. The van der Waals surface area contributed by atoms with Crippen molar-refractivity contribution < 1.29 is 18.8 Å². The minimum absolute atomic E-state index is 0.135. The van der Waals surface area contributed by atoms with Crippen molar-refractivity contribution in [1.29, 1.82) is 0 Å². The van der Waals surface area contributed by atoms with Crippen LogP contribution in [-0.4, -0.2) is 22.6 Å². The van der Waals surface area contributed by atoms with Gasteiger partial charge in [0, 0.05) is 29.8 Å². The van der Waals surface area contributed by atoms with Gasteiger partial charge in [-0.1, -0.05) is 21.1 Å². The summed E-state index contributed by atoms with van der Waals surface area (Å²) in [6, 6.07) is 7.77. The van der Waals surface area contributed by atoms with Crippen molar-refractivity contribution in [2.24, 2.45) is 0 Å². The lowest BCUT2D eigenvalue weighted by Crippen LogP contribution is -2.05. The first kappa shape index (κ1) is 16.1. The molecule has 0 aliphatic carbocycles. The predicted octanol–water partition coefficient (Wildman–Crippen LogP) is 3.88. The minimum atomic E-state index is -0.224. The summed E-state index contributed by atoms with van der Waals surface area (Å²) in [7, 11) is 0. The van der Waals surface area contributed by atoms with Crippen LogP contribution in [-0.2, 0) is 22.6 Å². The number of aromatic nitrogens is 1. The van der Waals surface area contributed by atoms with Gasteiger partial charge >= 0.3 is 5.97 Å². The zero-order valence-corrected chi connectivity index (χ0v) is 14.5. The van der Waals surface area contributed by atoms with Crippen LogP contribution in [0.2, 0.25) is 0 Å². The first-order valence-corrected chi connectivity index (χ1v) is 8.75. The third-order valence-electron chi connectivity index (χ3n) is 3.64. The van der Waals surface area contributed by atoms with E-state index >= 15 is 0 Å². The molecule has 1 aliphatic heterocycles. The van der Waals surface area contributed by atoms with E-state index in [-0.39, 0.29) is 18.7 Å². The summed E-state index contributed by atoms with van der Waals surface area (Å²) in [5.41, 5.74) is 2.73. The van der Waals surface area contributed by atoms with Crippen LogP contribution in [0.4, 0.5) is 0 Å². The highest BCUT2D eigenvalue weighted by Gasteiger charge is 2.20. The van der Waals surface area contributed by atoms with Crippen LogP contribution in [0.1, 0.15) is 31.0 Å². The number of alkyl halides is 1. The summed E-state index contributed by atoms with van der Waals surface area (Å²) >= 11 is 3.28. The maximum Gasteiger partial charge on any atom is 0.306 e. The van der Waals surface area contributed by atoms with E-state index in [1.54, 1.807) is 6.07 Å². The first-order valence-electron chi connectivity index (χ1n) is 7.63. The first-order chi connectivity index (χ1) is 11.2. The van der Waals surface area contributed by atoms with Crippen LogP contribution in [0.25, 0.3) is 11.3 Å². The van der Waals surface area contributed by atoms with Gasteiger partial charge in [-0.25, -0.2) is 0 Å². The van der Waals surface area contributed by atoms with Crippen molar-refractivity contribution >= 4 is 21.9 Å². The molecule has 0 saturated heterocycles. The Hall–Kier alpha value is -1.82. The Bertz CT molecular complexity index is 698. The second kappa shape index (κ2) is 7.17. The van der Waals surface area contributed by atoms with Gasteiger partial charge in [0.15, 0.2) is 5.76 Å². The van der Waals surface area contributed by atoms with Gasteiger partial charge in [0.05, 0.1) is 0 Å². The number of ether oxygens (including phenoxy) is 2. The quantitative estimate of drug-likeness (QED) is 0.562. The number of carbonyl (C=O) groups is 1. The zero-order chi connectivity index (χ0) is 16.2. The van der Waals surface area contributed by atoms with Crippen molar-refractivity contribution in [2.75, 3.05) is 5.33 Å². The van der Waals surface area contributed by atoms with Crippen molar-refractivity contribution in [2.45, 2.75) is 38.9 Å². The molecule has 1 unspecified atom stereocenters. The van der Waals surface area contributed by atoms with E-state index < -0.39 is 0 Å². The molecule has 0 spiro atoms. The summed E-state index contributed by atoms with van der Waals surface area (Å²) in [6.45, 7) is 2.19. The highest BCUT2D eigenvalue weighted by Crippen LogP contribution is 2.33. The van der Waals surface area contributed by atoms with Crippen molar-refractivity contribution in [1.82, 2.24) is 5.16 Å². The molecule has 0 saturated carbocycles. The van der Waals surface area contributed by atoms with Crippen LogP contribution >= 0.6 is 15.9 Å². The Morgan fingerprint density at radius 2 is 2.30 bits per heavy atom. The van der Waals surface area contributed by atoms with Gasteiger partial charge in [-0.05, 0) is 37.1 Å². The third-order valence-corrected chi connectivity index (χ3v) is 4.20. The highest BCUT2D eigenvalue weighted by molar-refractivity contribution is 9.09. The smallest absolute Gasteiger partial charge is 0.306 e. The number of esters is 1. The number of fused-ring (bicyclic) bond motifs is 1. The minimum Gasteiger partial charge on any atom is -0.490 e. The maximum atomic E-state index is 11.5. The van der Waals surface area contributed by atoms with Crippen LogP contribution < -0.4 is 4.74 Å². The van der Waals surface area contributed by atoms with E-state index in [9.17, 15) is 4.79 Å². The number of benzene rings is 1. The molecule has 3 rings (SSSR count). The number of carbonyl (C=O) groups excluding carboxylic acids is 1. The molecule has 0 bridgehead atoms. The molecule has 0 amide bonds. The summed E-state index contributed by atoms with van der Waals surface area (Å²) in [4.78, 5) is 11.5. The normalized spacial score (nSPS) is 16.0. The molecule has 2 aromatic rings. The van der Waals surface area contributed by atoms with Crippen molar-refractivity contribution in [3.8, 4) is 17.1 Å². The molecule has 2 heterocycles. The highest BCUT2D eigenvalue weighted by atomic mass is 79.9. The van der Waals surface area contributed by atoms with Gasteiger partial charge in [-0.15, -0.1) is 0 Å². The molecule has 0 N–H and O–H groups in total. The SMILES string of the molecule is CC1Cc2cc(-c3cc(COC(=O)CCCBr)no3)ccc2O1. The number of hydrogen-bond donors (Lipinski definition) is 0. The van der Waals surface area contributed by atoms with Crippen LogP contribution in [0.15, 0.2) is 28.8 Å². The molecule has 23 heavy (non-hydrogen) atoms. The number of nitrogens with zero attached hydrogens (tertiary/aromatic N) is 1. The molecule has 5 nitrogen and oxygen atoms in total. The molecule has 6 heteroatoms. The second-order valence-electron chi connectivity index (χ2n) is 5.59. The van der Waals surface area contributed by atoms with Gasteiger partial charge in [-0.2, -0.15) is 0 Å². The van der Waals surface area contributed by atoms with E-state index in [2.05, 4.69) is 34.1 Å². The maximum absolute atomic E-state index is 11.5. The number of halogens is 1. The average molecular weight is 380 g/mol. The molecule has 122 valence electrons. The van der Waals surface area contributed by atoms with E-state index in [0.717, 1.165) is 29.5 Å². The standard InChI is InChI=1S/C17H18BrNO4/c1-11-7-13-8-12(4-5-15(13)22-11)16-9-14(19-23-16)10-21-17(20)3-2-6-18/h4-5,8-9,11H,2-3,6-7,10H2,1H3. The van der Waals surface area contributed by atoms with Gasteiger partial charge in [0.25, 0.3) is 0 Å². The Morgan fingerprint density at radius 3 is 3.13 bits per heavy atom. The fourth-order valence-electron chi connectivity index (χ4n) is 2.53. The van der Waals surface area contributed by atoms with E-state index in [4.69, 9.17) is 14.0 Å². The summed E-state index contributed by atoms with van der Waals surface area (Å²) in [5.74, 6) is 1.37. The lowest BCUT2D eigenvalue weighted by Gasteiger charge is -2.02. The Balaban J connectivity index is 1.63. The Labute approximate surface area is 143 Å². The molecule has 1 aromatic heterocycles.